The number of rotatable bonds is 8. The highest BCUT2D eigenvalue weighted by Crippen LogP contribution is 2.28. The van der Waals surface area contributed by atoms with E-state index in [2.05, 4.69) is 17.4 Å². The Balaban J connectivity index is 1.24. The molecule has 1 amide bonds. The third-order valence-electron chi connectivity index (χ3n) is 6.32. The topological polar surface area (TPSA) is 64.0 Å². The molecule has 0 saturated carbocycles. The number of aryl methyl sites for hydroxylation is 2. The van der Waals surface area contributed by atoms with Crippen LogP contribution in [0.1, 0.15) is 36.8 Å². The fraction of sp³-hybridized carbons (Fsp3) is 0.250. The molecule has 1 heterocycles. The summed E-state index contributed by atoms with van der Waals surface area (Å²) in [5.41, 5.74) is 4.72. The van der Waals surface area contributed by atoms with E-state index in [0.29, 0.717) is 38.2 Å². The summed E-state index contributed by atoms with van der Waals surface area (Å²) in [5.74, 6) is 0.743. The fourth-order valence-corrected chi connectivity index (χ4v) is 5.79. The van der Waals surface area contributed by atoms with Gasteiger partial charge in [-0.15, -0.1) is 0 Å². The number of fused-ring (bicyclic) bond motifs is 2. The number of anilines is 1. The van der Waals surface area contributed by atoms with Gasteiger partial charge in [0.2, 0.25) is 5.91 Å². The van der Waals surface area contributed by atoms with E-state index in [1.165, 1.54) is 29.3 Å². The second-order valence-corrected chi connectivity index (χ2v) is 10.7. The summed E-state index contributed by atoms with van der Waals surface area (Å²) in [6, 6.07) is 18.6. The molecule has 0 saturated heterocycles. The Labute approximate surface area is 223 Å². The first-order valence-corrected chi connectivity index (χ1v) is 13.8. The highest BCUT2D eigenvalue weighted by atomic mass is 35.5. The van der Waals surface area contributed by atoms with Crippen LogP contribution in [0.3, 0.4) is 0 Å². The summed E-state index contributed by atoms with van der Waals surface area (Å²) in [4.78, 5) is 30.5. The summed E-state index contributed by atoms with van der Waals surface area (Å²) in [7, 11) is 0. The van der Waals surface area contributed by atoms with E-state index in [4.69, 9.17) is 28.2 Å². The van der Waals surface area contributed by atoms with Crippen molar-refractivity contribution in [1.29, 1.82) is 0 Å². The van der Waals surface area contributed by atoms with Crippen molar-refractivity contribution in [2.45, 2.75) is 43.7 Å². The Hall–Kier alpha value is -2.80. The van der Waals surface area contributed by atoms with Crippen LogP contribution in [0, 0.1) is 0 Å². The lowest BCUT2D eigenvalue weighted by molar-refractivity contribution is -0.116. The predicted molar refractivity (Wildman–Crippen MR) is 149 cm³/mol. The summed E-state index contributed by atoms with van der Waals surface area (Å²) < 4.78 is 1.58. The predicted octanol–water partition coefficient (Wildman–Crippen LogP) is 7.08. The number of nitrogens with one attached hydrogen (secondary N) is 1. The molecule has 0 atom stereocenters. The third-order valence-corrected chi connectivity index (χ3v) is 8.08. The summed E-state index contributed by atoms with van der Waals surface area (Å²) in [5, 5.41) is 4.94. The van der Waals surface area contributed by atoms with Crippen LogP contribution in [0.25, 0.3) is 16.6 Å². The summed E-state index contributed by atoms with van der Waals surface area (Å²) in [6.45, 7) is 0. The molecule has 36 heavy (non-hydrogen) atoms. The molecule has 184 valence electrons. The minimum atomic E-state index is -0.157. The molecular formula is C28H25Cl2N3O2S. The first-order valence-electron chi connectivity index (χ1n) is 12.0. The fourth-order valence-electron chi connectivity index (χ4n) is 4.49. The van der Waals surface area contributed by atoms with Crippen LogP contribution >= 0.6 is 35.0 Å². The maximum atomic E-state index is 13.3. The van der Waals surface area contributed by atoms with Gasteiger partial charge in [0, 0.05) is 17.9 Å². The Bertz CT molecular complexity index is 1500. The summed E-state index contributed by atoms with van der Waals surface area (Å²) in [6.07, 6.45) is 5.41. The largest absolute Gasteiger partial charge is 0.326 e. The molecule has 0 radical (unpaired) electrons. The number of hydrogen-bond donors (Lipinski definition) is 1. The first-order chi connectivity index (χ1) is 17.5. The van der Waals surface area contributed by atoms with Crippen molar-refractivity contribution in [1.82, 2.24) is 9.55 Å². The zero-order valence-corrected chi connectivity index (χ0v) is 21.9. The van der Waals surface area contributed by atoms with Crippen molar-refractivity contribution in [3.63, 3.8) is 0 Å². The van der Waals surface area contributed by atoms with Crippen LogP contribution in [-0.2, 0) is 17.6 Å². The number of para-hydroxylation sites is 1. The highest BCUT2D eigenvalue weighted by molar-refractivity contribution is 7.99. The average molecular weight is 539 g/mol. The van der Waals surface area contributed by atoms with Gasteiger partial charge in [0.15, 0.2) is 5.16 Å². The van der Waals surface area contributed by atoms with Crippen LogP contribution in [-0.4, -0.2) is 21.2 Å². The van der Waals surface area contributed by atoms with Gasteiger partial charge in [-0.25, -0.2) is 4.98 Å². The van der Waals surface area contributed by atoms with Crippen molar-refractivity contribution < 1.29 is 4.79 Å². The molecule has 1 aliphatic carbocycles. The van der Waals surface area contributed by atoms with Gasteiger partial charge in [-0.05, 0) is 85.7 Å². The van der Waals surface area contributed by atoms with E-state index < -0.39 is 0 Å². The van der Waals surface area contributed by atoms with Crippen LogP contribution in [0.5, 0.6) is 0 Å². The molecule has 1 N–H and O–H groups in total. The minimum Gasteiger partial charge on any atom is -0.326 e. The molecule has 4 aromatic rings. The highest BCUT2D eigenvalue weighted by Gasteiger charge is 2.15. The normalized spacial score (nSPS) is 12.6. The lowest BCUT2D eigenvalue weighted by atomic mass is 10.1. The third kappa shape index (κ3) is 5.46. The minimum absolute atomic E-state index is 0.0227. The molecule has 1 aromatic heterocycles. The molecule has 1 aliphatic rings. The zero-order valence-electron chi connectivity index (χ0n) is 19.6. The number of nitrogens with zero attached hydrogens (tertiary/aromatic N) is 2. The van der Waals surface area contributed by atoms with Crippen molar-refractivity contribution in [3.05, 3.63) is 92.2 Å². The van der Waals surface area contributed by atoms with Crippen molar-refractivity contribution in [2.75, 3.05) is 11.1 Å². The second-order valence-electron chi connectivity index (χ2n) is 8.84. The molecule has 5 rings (SSSR count). The lowest BCUT2D eigenvalue weighted by Gasteiger charge is -2.14. The quantitative estimate of drug-likeness (QED) is 0.148. The molecule has 8 heteroatoms. The van der Waals surface area contributed by atoms with Gasteiger partial charge in [-0.2, -0.15) is 0 Å². The van der Waals surface area contributed by atoms with E-state index in [1.54, 1.807) is 28.8 Å². The molecule has 0 aliphatic heterocycles. The van der Waals surface area contributed by atoms with Gasteiger partial charge in [-0.3, -0.25) is 14.2 Å². The van der Waals surface area contributed by atoms with Crippen LogP contribution in [0.15, 0.2) is 70.6 Å². The Morgan fingerprint density at radius 1 is 0.972 bits per heavy atom. The number of halogens is 2. The number of hydrogen-bond acceptors (Lipinski definition) is 4. The molecule has 0 spiro atoms. The number of unbranched alkanes of at least 4 members (excludes halogenated alkanes) is 1. The number of aromatic nitrogens is 2. The Morgan fingerprint density at radius 3 is 2.67 bits per heavy atom. The summed E-state index contributed by atoms with van der Waals surface area (Å²) >= 11 is 13.8. The van der Waals surface area contributed by atoms with Gasteiger partial charge in [0.05, 0.1) is 26.6 Å². The van der Waals surface area contributed by atoms with Gasteiger partial charge in [0.1, 0.15) is 0 Å². The van der Waals surface area contributed by atoms with Gasteiger partial charge >= 0.3 is 0 Å². The van der Waals surface area contributed by atoms with E-state index in [1.807, 2.05) is 24.3 Å². The maximum absolute atomic E-state index is 13.3. The van der Waals surface area contributed by atoms with Crippen molar-refractivity contribution in [2.24, 2.45) is 0 Å². The average Bonchev–Trinajstić information content (AvgIpc) is 3.34. The smallest absolute Gasteiger partial charge is 0.266 e. The maximum Gasteiger partial charge on any atom is 0.266 e. The SMILES string of the molecule is O=C(CCCCSc1nc2ccccc2c(=O)n1-c1ccc(Cl)c(Cl)c1)Nc1ccc2c(c1)CCC2. The number of benzene rings is 3. The lowest BCUT2D eigenvalue weighted by Crippen LogP contribution is -2.21. The van der Waals surface area contributed by atoms with Gasteiger partial charge in [0.25, 0.3) is 5.56 Å². The van der Waals surface area contributed by atoms with Crippen molar-refractivity contribution >= 4 is 57.5 Å². The van der Waals surface area contributed by atoms with Gasteiger partial charge < -0.3 is 5.32 Å². The zero-order chi connectivity index (χ0) is 25.1. The number of carbonyl (C=O) groups excluding carboxylic acids is 1. The standard InChI is InChI=1S/C28H25Cl2N3O2S/c29-23-14-13-21(17-24(23)30)33-27(35)22-8-1-2-9-25(22)32-28(33)36-15-4-3-10-26(34)31-20-12-11-18-6-5-7-19(18)16-20/h1-2,8-9,11-14,16-17H,3-7,10,15H2,(H,31,34). The number of amides is 1. The number of thioether (sulfide) groups is 1. The second kappa shape index (κ2) is 11.1. The molecule has 0 fully saturated rings. The Kier molecular flexibility index (Phi) is 7.65. The van der Waals surface area contributed by atoms with E-state index in [-0.39, 0.29) is 11.5 Å². The molecule has 0 bridgehead atoms. The van der Waals surface area contributed by atoms with E-state index in [9.17, 15) is 9.59 Å². The first kappa shape index (κ1) is 24.9. The number of carbonyl (C=O) groups is 1. The van der Waals surface area contributed by atoms with Crippen LogP contribution in [0.2, 0.25) is 10.0 Å². The van der Waals surface area contributed by atoms with E-state index >= 15 is 0 Å². The molecule has 0 unspecified atom stereocenters. The van der Waals surface area contributed by atoms with Crippen LogP contribution in [0.4, 0.5) is 5.69 Å². The monoisotopic (exact) mass is 537 g/mol. The Morgan fingerprint density at radius 2 is 1.81 bits per heavy atom. The molecule has 5 nitrogen and oxygen atoms in total. The molecule has 3 aromatic carbocycles. The van der Waals surface area contributed by atoms with Crippen molar-refractivity contribution in [3.8, 4) is 5.69 Å². The molecular weight excluding hydrogens is 513 g/mol. The van der Waals surface area contributed by atoms with Crippen LogP contribution < -0.4 is 10.9 Å². The van der Waals surface area contributed by atoms with Gasteiger partial charge in [-0.1, -0.05) is 53.2 Å². The van der Waals surface area contributed by atoms with E-state index in [0.717, 1.165) is 37.1 Å².